The molecule has 0 heterocycles. The van der Waals surface area contributed by atoms with Crippen LogP contribution in [0.4, 0.5) is 0 Å². The van der Waals surface area contributed by atoms with E-state index in [0.717, 1.165) is 11.1 Å². The molecule has 2 rings (SSSR count). The van der Waals surface area contributed by atoms with Crippen molar-refractivity contribution < 1.29 is 37.8 Å². The van der Waals surface area contributed by atoms with Gasteiger partial charge in [0.1, 0.15) is 11.5 Å². The van der Waals surface area contributed by atoms with E-state index < -0.39 is 15.6 Å². The second kappa shape index (κ2) is 6.22. The first-order valence-electron chi connectivity index (χ1n) is 5.83. The summed E-state index contributed by atoms with van der Waals surface area (Å²) in [6.07, 6.45) is 0. The molecule has 0 fully saturated rings. The summed E-state index contributed by atoms with van der Waals surface area (Å²) < 4.78 is 30.3. The van der Waals surface area contributed by atoms with E-state index >= 15 is 0 Å². The van der Waals surface area contributed by atoms with Crippen LogP contribution in [0.25, 0.3) is 11.1 Å². The molecule has 118 valence electrons. The molecule has 0 aliphatic carbocycles. The summed E-state index contributed by atoms with van der Waals surface area (Å²) in [4.78, 5) is 34.8. The van der Waals surface area contributed by atoms with Gasteiger partial charge in [0.25, 0.3) is 0 Å². The monoisotopic (exact) mass is 346 g/mol. The van der Waals surface area contributed by atoms with Crippen LogP contribution in [0.2, 0.25) is 0 Å². The van der Waals surface area contributed by atoms with Gasteiger partial charge in [0, 0.05) is 0 Å². The predicted molar refractivity (Wildman–Crippen MR) is 77.2 cm³/mol. The highest BCUT2D eigenvalue weighted by molar-refractivity contribution is 7.47. The highest BCUT2D eigenvalue weighted by Crippen LogP contribution is 2.39. The van der Waals surface area contributed by atoms with E-state index in [1.807, 2.05) is 0 Å². The standard InChI is InChI=1S/C12H12O8P2/c13-21(14,15)19-11-5-1-9(2-6-11)10-3-7-12(8-4-10)20-22(16,17)18/h1-8H,(H2,13,14,15)(H2,16,17,18). The Hall–Kier alpha value is -1.66. The molecule has 2 aromatic rings. The number of hydrogen-bond acceptors (Lipinski definition) is 4. The average molecular weight is 346 g/mol. The van der Waals surface area contributed by atoms with Crippen LogP contribution < -0.4 is 9.05 Å². The summed E-state index contributed by atoms with van der Waals surface area (Å²) in [7, 11) is -9.18. The summed E-state index contributed by atoms with van der Waals surface area (Å²) in [6, 6.07) is 11.9. The number of hydrogen-bond donors (Lipinski definition) is 4. The number of benzene rings is 2. The Morgan fingerprint density at radius 3 is 1.09 bits per heavy atom. The third kappa shape index (κ3) is 5.27. The van der Waals surface area contributed by atoms with Crippen molar-refractivity contribution in [2.75, 3.05) is 0 Å². The Bertz CT molecular complexity index is 663. The van der Waals surface area contributed by atoms with Gasteiger partial charge in [0.05, 0.1) is 0 Å². The lowest BCUT2D eigenvalue weighted by Gasteiger charge is -2.09. The molecule has 10 heteroatoms. The molecule has 22 heavy (non-hydrogen) atoms. The second-order valence-corrected chi connectivity index (χ2v) is 6.54. The maximum Gasteiger partial charge on any atom is 0.524 e. The zero-order valence-electron chi connectivity index (χ0n) is 10.9. The van der Waals surface area contributed by atoms with E-state index in [-0.39, 0.29) is 11.5 Å². The fourth-order valence-corrected chi connectivity index (χ4v) is 2.48. The van der Waals surface area contributed by atoms with E-state index in [1.165, 1.54) is 24.3 Å². The maximum absolute atomic E-state index is 10.7. The van der Waals surface area contributed by atoms with Crippen LogP contribution in [-0.2, 0) is 9.13 Å². The third-order valence-corrected chi connectivity index (χ3v) is 3.39. The quantitative estimate of drug-likeness (QED) is 0.606. The van der Waals surface area contributed by atoms with Gasteiger partial charge in [-0.25, -0.2) is 9.13 Å². The fourth-order valence-electron chi connectivity index (χ4n) is 1.69. The SMILES string of the molecule is O=P(O)(O)Oc1ccc(-c2ccc(OP(=O)(O)O)cc2)cc1. The zero-order valence-corrected chi connectivity index (χ0v) is 12.7. The highest BCUT2D eigenvalue weighted by Gasteiger charge is 2.16. The average Bonchev–Trinajstić information content (AvgIpc) is 2.37. The molecule has 8 nitrogen and oxygen atoms in total. The summed E-state index contributed by atoms with van der Waals surface area (Å²) in [5.74, 6) is 0.0528. The van der Waals surface area contributed by atoms with Gasteiger partial charge in [-0.3, -0.25) is 19.6 Å². The third-order valence-electron chi connectivity index (χ3n) is 2.49. The van der Waals surface area contributed by atoms with Crippen molar-refractivity contribution in [1.29, 1.82) is 0 Å². The first kappa shape index (κ1) is 16.7. The van der Waals surface area contributed by atoms with Crippen LogP contribution in [0.1, 0.15) is 0 Å². The summed E-state index contributed by atoms with van der Waals surface area (Å²) in [5.41, 5.74) is 1.45. The Balaban J connectivity index is 2.15. The molecule has 0 spiro atoms. The fraction of sp³-hybridized carbons (Fsp3) is 0. The number of rotatable bonds is 5. The lowest BCUT2D eigenvalue weighted by molar-refractivity contribution is 0.281. The molecule has 0 unspecified atom stereocenters. The van der Waals surface area contributed by atoms with Crippen molar-refractivity contribution >= 4 is 15.6 Å². The van der Waals surface area contributed by atoms with E-state index in [0.29, 0.717) is 0 Å². The molecule has 0 aliphatic heterocycles. The van der Waals surface area contributed by atoms with Gasteiger partial charge in [-0.1, -0.05) is 24.3 Å². The lowest BCUT2D eigenvalue weighted by atomic mass is 10.1. The second-order valence-electron chi connectivity index (χ2n) is 4.21. The first-order valence-corrected chi connectivity index (χ1v) is 8.89. The van der Waals surface area contributed by atoms with Gasteiger partial charge in [0.15, 0.2) is 0 Å². The van der Waals surface area contributed by atoms with Gasteiger partial charge in [0.2, 0.25) is 0 Å². The van der Waals surface area contributed by atoms with Crippen LogP contribution in [-0.4, -0.2) is 19.6 Å². The minimum Gasteiger partial charge on any atom is -0.404 e. The molecule has 0 amide bonds. The van der Waals surface area contributed by atoms with E-state index in [2.05, 4.69) is 9.05 Å². The van der Waals surface area contributed by atoms with Crippen molar-refractivity contribution in [2.24, 2.45) is 0 Å². The summed E-state index contributed by atoms with van der Waals surface area (Å²) >= 11 is 0. The highest BCUT2D eigenvalue weighted by atomic mass is 31.2. The van der Waals surface area contributed by atoms with Gasteiger partial charge in [-0.15, -0.1) is 0 Å². The number of phosphoric ester groups is 2. The molecular weight excluding hydrogens is 334 g/mol. The Morgan fingerprint density at radius 2 is 0.864 bits per heavy atom. The molecule has 4 N–H and O–H groups in total. The topological polar surface area (TPSA) is 134 Å². The summed E-state index contributed by atoms with van der Waals surface area (Å²) in [6.45, 7) is 0. The molecule has 0 bridgehead atoms. The van der Waals surface area contributed by atoms with Crippen LogP contribution in [0, 0.1) is 0 Å². The van der Waals surface area contributed by atoms with Crippen molar-refractivity contribution in [2.45, 2.75) is 0 Å². The van der Waals surface area contributed by atoms with E-state index in [4.69, 9.17) is 19.6 Å². The van der Waals surface area contributed by atoms with Gasteiger partial charge < -0.3 is 9.05 Å². The molecule has 0 aromatic heterocycles. The van der Waals surface area contributed by atoms with Crippen molar-refractivity contribution in [3.05, 3.63) is 48.5 Å². The smallest absolute Gasteiger partial charge is 0.404 e. The van der Waals surface area contributed by atoms with Crippen LogP contribution in [0.15, 0.2) is 48.5 Å². The molecule has 0 aliphatic rings. The minimum absolute atomic E-state index is 0.0264. The van der Waals surface area contributed by atoms with Gasteiger partial charge >= 0.3 is 15.6 Å². The molecule has 0 saturated carbocycles. The Labute approximate surface area is 125 Å². The number of phosphoric acid groups is 2. The van der Waals surface area contributed by atoms with E-state index in [9.17, 15) is 9.13 Å². The summed E-state index contributed by atoms with van der Waals surface area (Å²) in [5, 5.41) is 0. The predicted octanol–water partition coefficient (Wildman–Crippen LogP) is 2.30. The van der Waals surface area contributed by atoms with Crippen LogP contribution >= 0.6 is 15.6 Å². The Morgan fingerprint density at radius 1 is 0.591 bits per heavy atom. The largest absolute Gasteiger partial charge is 0.524 e. The molecular formula is C12H12O8P2. The van der Waals surface area contributed by atoms with Crippen molar-refractivity contribution in [3.8, 4) is 22.6 Å². The minimum atomic E-state index is -4.59. The normalized spacial score (nSPS) is 12.0. The first-order chi connectivity index (χ1) is 10.1. The van der Waals surface area contributed by atoms with Crippen LogP contribution in [0.5, 0.6) is 11.5 Å². The maximum atomic E-state index is 10.7. The van der Waals surface area contributed by atoms with Crippen molar-refractivity contribution in [1.82, 2.24) is 0 Å². The van der Waals surface area contributed by atoms with Gasteiger partial charge in [-0.2, -0.15) is 0 Å². The zero-order chi connectivity index (χ0) is 16.4. The molecule has 0 radical (unpaired) electrons. The van der Waals surface area contributed by atoms with Crippen molar-refractivity contribution in [3.63, 3.8) is 0 Å². The molecule has 0 saturated heterocycles. The molecule has 0 atom stereocenters. The van der Waals surface area contributed by atoms with Gasteiger partial charge in [-0.05, 0) is 35.4 Å². The lowest BCUT2D eigenvalue weighted by Crippen LogP contribution is -1.90. The van der Waals surface area contributed by atoms with Crippen LogP contribution in [0.3, 0.4) is 0 Å². The molecule has 2 aromatic carbocycles. The Kier molecular flexibility index (Phi) is 4.72. The van der Waals surface area contributed by atoms with E-state index in [1.54, 1.807) is 24.3 Å².